The minimum Gasteiger partial charge on any atom is -0.493 e. The fourth-order valence-corrected chi connectivity index (χ4v) is 2.99. The van der Waals surface area contributed by atoms with Gasteiger partial charge in [0.05, 0.1) is 27.8 Å². The Balaban J connectivity index is 1.50. The van der Waals surface area contributed by atoms with E-state index >= 15 is 0 Å². The van der Waals surface area contributed by atoms with Crippen LogP contribution in [0.5, 0.6) is 23.0 Å². The Labute approximate surface area is 167 Å². The minimum absolute atomic E-state index is 0.0642. The van der Waals surface area contributed by atoms with Crippen molar-refractivity contribution in [3.8, 4) is 23.0 Å². The molecule has 3 rings (SSSR count). The Bertz CT molecular complexity index is 891. The van der Waals surface area contributed by atoms with E-state index in [1.807, 2.05) is 25.2 Å². The number of ether oxygens (including phenoxy) is 4. The summed E-state index contributed by atoms with van der Waals surface area (Å²) in [4.78, 5) is 13.2. The molecule has 9 heteroatoms. The molecule has 0 bridgehead atoms. The number of fused-ring (bicyclic) bond motifs is 1. The number of quaternary nitrogens is 1. The first kappa shape index (κ1) is 20.7. The monoisotopic (exact) mass is 409 g/mol. The average molecular weight is 409 g/mol. The van der Waals surface area contributed by atoms with E-state index in [0.717, 1.165) is 23.4 Å². The van der Waals surface area contributed by atoms with E-state index in [1.165, 1.54) is 18.2 Å². The number of carbonyl (C=O) groups excluding carboxylic acids is 1. The smallest absolute Gasteiger partial charge is 0.493 e. The van der Waals surface area contributed by atoms with Crippen molar-refractivity contribution in [1.82, 2.24) is 0 Å². The third kappa shape index (κ3) is 5.26. The zero-order chi connectivity index (χ0) is 21.0. The molecule has 7 nitrogen and oxygen atoms in total. The van der Waals surface area contributed by atoms with Crippen molar-refractivity contribution in [2.45, 2.75) is 12.7 Å². The molecule has 0 radical (unpaired) electrons. The molecular weight excluding hydrogens is 386 g/mol. The number of nitrogens with one attached hydrogen (secondary N) is 2. The van der Waals surface area contributed by atoms with Crippen LogP contribution in [-0.2, 0) is 11.2 Å². The number of hydrogen-bond acceptors (Lipinski definition) is 5. The van der Waals surface area contributed by atoms with Crippen molar-refractivity contribution in [2.75, 3.05) is 39.7 Å². The normalized spacial score (nSPS) is 14.9. The third-order valence-corrected chi connectivity index (χ3v) is 4.44. The number of hydrogen-bond donors (Lipinski definition) is 2. The van der Waals surface area contributed by atoms with E-state index in [-0.39, 0.29) is 24.0 Å². The van der Waals surface area contributed by atoms with Gasteiger partial charge >= 0.3 is 6.29 Å². The SMILES string of the molecule is COc1ccc(CC[NH+](C)CC(=O)Nc2ccc3c(c2)OC(F)(F)O3)cc1OC. The fraction of sp³-hybridized carbons (Fsp3) is 0.350. The summed E-state index contributed by atoms with van der Waals surface area (Å²) in [6.45, 7) is 0.939. The molecule has 0 saturated carbocycles. The van der Waals surface area contributed by atoms with Crippen LogP contribution in [0.3, 0.4) is 0 Å². The topological polar surface area (TPSA) is 70.5 Å². The number of rotatable bonds is 8. The Hall–Kier alpha value is -3.07. The lowest BCUT2D eigenvalue weighted by molar-refractivity contribution is -0.870. The second-order valence-corrected chi connectivity index (χ2v) is 6.70. The van der Waals surface area contributed by atoms with Crippen molar-refractivity contribution in [2.24, 2.45) is 0 Å². The number of amides is 1. The van der Waals surface area contributed by atoms with Crippen molar-refractivity contribution < 1.29 is 37.4 Å². The van der Waals surface area contributed by atoms with Gasteiger partial charge in [0.15, 0.2) is 29.5 Å². The van der Waals surface area contributed by atoms with E-state index < -0.39 is 6.29 Å². The van der Waals surface area contributed by atoms with Gasteiger partial charge in [-0.2, -0.15) is 0 Å². The molecule has 0 spiro atoms. The summed E-state index contributed by atoms with van der Waals surface area (Å²) in [5.74, 6) is 0.916. The van der Waals surface area contributed by atoms with E-state index in [9.17, 15) is 13.6 Å². The largest absolute Gasteiger partial charge is 0.586 e. The van der Waals surface area contributed by atoms with Crippen LogP contribution in [0.1, 0.15) is 5.56 Å². The molecule has 29 heavy (non-hydrogen) atoms. The molecule has 1 amide bonds. The number of anilines is 1. The van der Waals surface area contributed by atoms with Crippen molar-refractivity contribution in [3.63, 3.8) is 0 Å². The number of methoxy groups -OCH3 is 2. The number of benzene rings is 2. The highest BCUT2D eigenvalue weighted by atomic mass is 19.3. The van der Waals surface area contributed by atoms with E-state index in [1.54, 1.807) is 14.2 Å². The summed E-state index contributed by atoms with van der Waals surface area (Å²) in [5, 5.41) is 2.68. The van der Waals surface area contributed by atoms with Gasteiger partial charge in [-0.3, -0.25) is 4.79 Å². The molecule has 2 N–H and O–H groups in total. The van der Waals surface area contributed by atoms with Crippen molar-refractivity contribution >= 4 is 11.6 Å². The molecule has 1 aliphatic rings. The maximum Gasteiger partial charge on any atom is 0.586 e. The highest BCUT2D eigenvalue weighted by Crippen LogP contribution is 2.42. The summed E-state index contributed by atoms with van der Waals surface area (Å²) < 4.78 is 45.4. The minimum atomic E-state index is -3.68. The van der Waals surface area contributed by atoms with Crippen LogP contribution in [0, 0.1) is 0 Å². The predicted octanol–water partition coefficient (Wildman–Crippen LogP) is 1.72. The summed E-state index contributed by atoms with van der Waals surface area (Å²) in [6, 6.07) is 9.85. The van der Waals surface area contributed by atoms with Crippen LogP contribution < -0.4 is 29.2 Å². The summed E-state index contributed by atoms with van der Waals surface area (Å²) >= 11 is 0. The van der Waals surface area contributed by atoms with E-state index in [4.69, 9.17) is 9.47 Å². The maximum absolute atomic E-state index is 13.1. The predicted molar refractivity (Wildman–Crippen MR) is 101 cm³/mol. The molecule has 1 atom stereocenters. The number of likely N-dealkylation sites (N-methyl/N-ethyl adjacent to an activating group) is 1. The highest BCUT2D eigenvalue weighted by molar-refractivity contribution is 5.91. The maximum atomic E-state index is 13.1. The standard InChI is InChI=1S/C20H22F2N2O5/c1-24(9-8-13-4-6-15(26-2)17(10-13)27-3)12-19(25)23-14-5-7-16-18(11-14)29-20(21,22)28-16/h4-7,10-11H,8-9,12H2,1-3H3,(H,23,25)/p+1. The van der Waals surface area contributed by atoms with Crippen LogP contribution in [0.4, 0.5) is 14.5 Å². The fourth-order valence-electron chi connectivity index (χ4n) is 2.99. The lowest BCUT2D eigenvalue weighted by Gasteiger charge is -2.15. The van der Waals surface area contributed by atoms with Crippen LogP contribution in [0.25, 0.3) is 0 Å². The zero-order valence-electron chi connectivity index (χ0n) is 16.4. The molecule has 1 heterocycles. The van der Waals surface area contributed by atoms with Gasteiger partial charge in [-0.25, -0.2) is 0 Å². The number of carbonyl (C=O) groups is 1. The Kier molecular flexibility index (Phi) is 6.07. The zero-order valence-corrected chi connectivity index (χ0v) is 16.4. The molecular formula is C20H23F2N2O5+. The second kappa shape index (κ2) is 8.52. The molecule has 1 aliphatic heterocycles. The third-order valence-electron chi connectivity index (χ3n) is 4.44. The van der Waals surface area contributed by atoms with E-state index in [2.05, 4.69) is 14.8 Å². The van der Waals surface area contributed by atoms with Gasteiger partial charge in [0.25, 0.3) is 5.91 Å². The van der Waals surface area contributed by atoms with Gasteiger partial charge in [-0.1, -0.05) is 6.07 Å². The second-order valence-electron chi connectivity index (χ2n) is 6.70. The van der Waals surface area contributed by atoms with Crippen molar-refractivity contribution in [3.05, 3.63) is 42.0 Å². The van der Waals surface area contributed by atoms with Crippen LogP contribution in [0.2, 0.25) is 0 Å². The molecule has 156 valence electrons. The first-order valence-electron chi connectivity index (χ1n) is 9.01. The molecule has 0 fully saturated rings. The van der Waals surface area contributed by atoms with Gasteiger partial charge in [-0.05, 0) is 29.8 Å². The molecule has 0 aromatic heterocycles. The van der Waals surface area contributed by atoms with Crippen LogP contribution >= 0.6 is 0 Å². The molecule has 0 saturated heterocycles. The molecule has 0 aliphatic carbocycles. The van der Waals surface area contributed by atoms with Gasteiger partial charge in [0, 0.05) is 18.2 Å². The van der Waals surface area contributed by atoms with Gasteiger partial charge in [-0.15, -0.1) is 8.78 Å². The summed E-state index contributed by atoms with van der Waals surface area (Å²) in [6.07, 6.45) is -2.93. The molecule has 2 aromatic carbocycles. The Morgan fingerprint density at radius 3 is 2.52 bits per heavy atom. The Morgan fingerprint density at radius 2 is 1.79 bits per heavy atom. The molecule has 2 aromatic rings. The first-order valence-corrected chi connectivity index (χ1v) is 9.01. The lowest BCUT2D eigenvalue weighted by Crippen LogP contribution is -3.10. The van der Waals surface area contributed by atoms with Crippen molar-refractivity contribution in [1.29, 1.82) is 0 Å². The summed E-state index contributed by atoms with van der Waals surface area (Å²) in [5.41, 5.74) is 1.43. The van der Waals surface area contributed by atoms with Gasteiger partial charge < -0.3 is 29.2 Å². The van der Waals surface area contributed by atoms with Crippen LogP contribution in [0.15, 0.2) is 36.4 Å². The average Bonchev–Trinajstić information content (AvgIpc) is 2.99. The lowest BCUT2D eigenvalue weighted by atomic mass is 10.1. The number of halogens is 2. The quantitative estimate of drug-likeness (QED) is 0.695. The number of alkyl halides is 2. The van der Waals surface area contributed by atoms with Gasteiger partial charge in [0.2, 0.25) is 0 Å². The Morgan fingerprint density at radius 1 is 1.07 bits per heavy atom. The van der Waals surface area contributed by atoms with E-state index in [0.29, 0.717) is 17.2 Å². The van der Waals surface area contributed by atoms with Crippen LogP contribution in [-0.4, -0.2) is 46.6 Å². The first-order chi connectivity index (χ1) is 13.8. The summed E-state index contributed by atoms with van der Waals surface area (Å²) in [7, 11) is 5.07. The molecule has 1 unspecified atom stereocenters. The van der Waals surface area contributed by atoms with Gasteiger partial charge in [0.1, 0.15) is 0 Å². The highest BCUT2D eigenvalue weighted by Gasteiger charge is 2.43.